The summed E-state index contributed by atoms with van der Waals surface area (Å²) in [5, 5.41) is 25.9. The van der Waals surface area contributed by atoms with Crippen LogP contribution >= 0.6 is 0 Å². The van der Waals surface area contributed by atoms with Crippen molar-refractivity contribution in [1.82, 2.24) is 10.6 Å². The van der Waals surface area contributed by atoms with Gasteiger partial charge in [0, 0.05) is 36.7 Å². The van der Waals surface area contributed by atoms with Crippen molar-refractivity contribution in [2.75, 3.05) is 13.2 Å². The van der Waals surface area contributed by atoms with Crippen LogP contribution in [0.4, 0.5) is 10.5 Å². The number of nitro groups is 1. The van der Waals surface area contributed by atoms with Crippen molar-refractivity contribution in [3.8, 4) is 0 Å². The maximum absolute atomic E-state index is 11.9. The Balaban J connectivity index is 1.80. The van der Waals surface area contributed by atoms with Gasteiger partial charge in [0.15, 0.2) is 0 Å². The molecule has 0 heterocycles. The van der Waals surface area contributed by atoms with E-state index in [4.69, 9.17) is 0 Å². The molecule has 0 unspecified atom stereocenters. The molecular formula is C16H23N3O4. The molecule has 2 atom stereocenters. The largest absolute Gasteiger partial charge is 0.396 e. The molecule has 7 nitrogen and oxygen atoms in total. The molecule has 1 aliphatic rings. The highest BCUT2D eigenvalue weighted by Crippen LogP contribution is 2.23. The highest BCUT2D eigenvalue weighted by atomic mass is 16.6. The third-order valence-electron chi connectivity index (χ3n) is 4.33. The SMILES string of the molecule is O=C(NCCc1ccccc1[N+](=O)[O-])N[C@@H]1CCCC[C@@H]1CO. The van der Waals surface area contributed by atoms with E-state index in [0.717, 1.165) is 25.7 Å². The number of aliphatic hydroxyl groups excluding tert-OH is 1. The Morgan fingerprint density at radius 2 is 2.04 bits per heavy atom. The van der Waals surface area contributed by atoms with Gasteiger partial charge in [0.2, 0.25) is 0 Å². The molecule has 1 aromatic carbocycles. The summed E-state index contributed by atoms with van der Waals surface area (Å²) >= 11 is 0. The van der Waals surface area contributed by atoms with E-state index in [9.17, 15) is 20.0 Å². The minimum atomic E-state index is -0.413. The molecule has 3 N–H and O–H groups in total. The Bertz CT molecular complexity index is 550. The predicted molar refractivity (Wildman–Crippen MR) is 86.2 cm³/mol. The van der Waals surface area contributed by atoms with E-state index in [-0.39, 0.29) is 30.3 Å². The summed E-state index contributed by atoms with van der Waals surface area (Å²) in [5.74, 6) is 0.115. The lowest BCUT2D eigenvalue weighted by Crippen LogP contribution is -2.48. The van der Waals surface area contributed by atoms with Gasteiger partial charge in [0.1, 0.15) is 0 Å². The molecule has 1 aromatic rings. The molecule has 0 aromatic heterocycles. The van der Waals surface area contributed by atoms with E-state index in [2.05, 4.69) is 10.6 Å². The van der Waals surface area contributed by atoms with Crippen LogP contribution in [0.3, 0.4) is 0 Å². The zero-order valence-electron chi connectivity index (χ0n) is 13.0. The third-order valence-corrected chi connectivity index (χ3v) is 4.33. The van der Waals surface area contributed by atoms with Gasteiger partial charge >= 0.3 is 6.03 Å². The van der Waals surface area contributed by atoms with Gasteiger partial charge in [-0.05, 0) is 19.3 Å². The maximum Gasteiger partial charge on any atom is 0.315 e. The fourth-order valence-corrected chi connectivity index (χ4v) is 3.05. The summed E-state index contributed by atoms with van der Waals surface area (Å²) in [6.45, 7) is 0.411. The zero-order chi connectivity index (χ0) is 16.7. The molecule has 0 aliphatic heterocycles. The molecule has 2 rings (SSSR count). The summed E-state index contributed by atoms with van der Waals surface area (Å²) in [6.07, 6.45) is 4.35. The van der Waals surface area contributed by atoms with Crippen LogP contribution in [0, 0.1) is 16.0 Å². The molecule has 23 heavy (non-hydrogen) atoms. The van der Waals surface area contributed by atoms with Crippen LogP contribution in [0.15, 0.2) is 24.3 Å². The van der Waals surface area contributed by atoms with Gasteiger partial charge in [-0.1, -0.05) is 31.0 Å². The van der Waals surface area contributed by atoms with Gasteiger partial charge in [-0.3, -0.25) is 10.1 Å². The highest BCUT2D eigenvalue weighted by molar-refractivity contribution is 5.74. The van der Waals surface area contributed by atoms with Crippen LogP contribution in [-0.2, 0) is 6.42 Å². The van der Waals surface area contributed by atoms with Gasteiger partial charge in [0.05, 0.1) is 4.92 Å². The summed E-state index contributed by atoms with van der Waals surface area (Å²) in [7, 11) is 0. The van der Waals surface area contributed by atoms with Crippen LogP contribution < -0.4 is 10.6 Å². The molecule has 1 fully saturated rings. The van der Waals surface area contributed by atoms with Crippen molar-refractivity contribution < 1.29 is 14.8 Å². The molecule has 7 heteroatoms. The quantitative estimate of drug-likeness (QED) is 0.550. The number of nitro benzene ring substituents is 1. The number of para-hydroxylation sites is 1. The van der Waals surface area contributed by atoms with Gasteiger partial charge in [0.25, 0.3) is 5.69 Å². The van der Waals surface area contributed by atoms with Gasteiger partial charge in [-0.15, -0.1) is 0 Å². The predicted octanol–water partition coefficient (Wildman–Crippen LogP) is 1.99. The minimum Gasteiger partial charge on any atom is -0.396 e. The molecule has 126 valence electrons. The number of rotatable bonds is 6. The molecule has 0 spiro atoms. The first-order chi connectivity index (χ1) is 11.1. The molecule has 0 saturated heterocycles. The third kappa shape index (κ3) is 4.92. The van der Waals surface area contributed by atoms with Gasteiger partial charge < -0.3 is 15.7 Å². The van der Waals surface area contributed by atoms with E-state index >= 15 is 0 Å². The number of nitrogens with one attached hydrogen (secondary N) is 2. The van der Waals surface area contributed by atoms with Crippen molar-refractivity contribution in [2.24, 2.45) is 5.92 Å². The second-order valence-corrected chi connectivity index (χ2v) is 5.87. The van der Waals surface area contributed by atoms with Crippen molar-refractivity contribution >= 4 is 11.7 Å². The van der Waals surface area contributed by atoms with E-state index in [1.54, 1.807) is 18.2 Å². The Hall–Kier alpha value is -2.15. The molecule has 1 aliphatic carbocycles. The number of benzene rings is 1. The number of nitrogens with zero attached hydrogens (tertiary/aromatic N) is 1. The van der Waals surface area contributed by atoms with Crippen LogP contribution in [-0.4, -0.2) is 35.3 Å². The van der Waals surface area contributed by atoms with E-state index < -0.39 is 4.92 Å². The van der Waals surface area contributed by atoms with Gasteiger partial charge in [-0.2, -0.15) is 0 Å². The summed E-state index contributed by atoms with van der Waals surface area (Å²) < 4.78 is 0. The van der Waals surface area contributed by atoms with Gasteiger partial charge in [-0.25, -0.2) is 4.79 Å². The number of urea groups is 1. The van der Waals surface area contributed by atoms with Crippen molar-refractivity contribution in [1.29, 1.82) is 0 Å². The Kier molecular flexibility index (Phi) is 6.34. The molecule has 2 amide bonds. The second-order valence-electron chi connectivity index (χ2n) is 5.87. The number of hydrogen-bond donors (Lipinski definition) is 3. The number of aliphatic hydroxyl groups is 1. The Labute approximate surface area is 135 Å². The van der Waals surface area contributed by atoms with E-state index in [1.807, 2.05) is 0 Å². The summed E-state index contributed by atoms with van der Waals surface area (Å²) in [6, 6.07) is 6.24. The highest BCUT2D eigenvalue weighted by Gasteiger charge is 2.25. The molecular weight excluding hydrogens is 298 g/mol. The van der Waals surface area contributed by atoms with Crippen LogP contribution in [0.1, 0.15) is 31.2 Å². The number of carbonyl (C=O) groups is 1. The van der Waals surface area contributed by atoms with Crippen LogP contribution in [0.5, 0.6) is 0 Å². The summed E-state index contributed by atoms with van der Waals surface area (Å²) in [4.78, 5) is 22.5. The zero-order valence-corrected chi connectivity index (χ0v) is 13.0. The lowest BCUT2D eigenvalue weighted by Gasteiger charge is -2.30. The number of hydrogen-bond acceptors (Lipinski definition) is 4. The molecule has 0 bridgehead atoms. The lowest BCUT2D eigenvalue weighted by molar-refractivity contribution is -0.385. The van der Waals surface area contributed by atoms with Crippen molar-refractivity contribution in [2.45, 2.75) is 38.1 Å². The average Bonchev–Trinajstić information content (AvgIpc) is 2.55. The maximum atomic E-state index is 11.9. The van der Waals surface area contributed by atoms with Crippen molar-refractivity contribution in [3.63, 3.8) is 0 Å². The molecule has 0 radical (unpaired) electrons. The fourth-order valence-electron chi connectivity index (χ4n) is 3.05. The standard InChI is InChI=1S/C16H23N3O4/c20-11-13-6-1-3-7-14(13)18-16(21)17-10-9-12-5-2-4-8-15(12)19(22)23/h2,4-5,8,13-14,20H,1,3,6-7,9-11H2,(H2,17,18,21)/t13-,14-/m1/s1. The Morgan fingerprint density at radius 3 is 2.78 bits per heavy atom. The number of amides is 2. The van der Waals surface area contributed by atoms with E-state index in [0.29, 0.717) is 18.5 Å². The summed E-state index contributed by atoms with van der Waals surface area (Å²) in [5.41, 5.74) is 0.672. The number of carbonyl (C=O) groups excluding carboxylic acids is 1. The second kappa shape index (κ2) is 8.47. The normalized spacial score (nSPS) is 20.7. The molecule has 1 saturated carbocycles. The van der Waals surface area contributed by atoms with Crippen LogP contribution in [0.25, 0.3) is 0 Å². The fraction of sp³-hybridized carbons (Fsp3) is 0.562. The average molecular weight is 321 g/mol. The first-order valence-corrected chi connectivity index (χ1v) is 7.99. The first kappa shape index (κ1) is 17.2. The first-order valence-electron chi connectivity index (χ1n) is 7.99. The topological polar surface area (TPSA) is 104 Å². The van der Waals surface area contributed by atoms with Crippen LogP contribution in [0.2, 0.25) is 0 Å². The lowest BCUT2D eigenvalue weighted by atomic mass is 9.85. The van der Waals surface area contributed by atoms with E-state index in [1.165, 1.54) is 6.07 Å². The monoisotopic (exact) mass is 321 g/mol. The minimum absolute atomic E-state index is 0.000175. The Morgan fingerprint density at radius 1 is 1.30 bits per heavy atom. The smallest absolute Gasteiger partial charge is 0.315 e. The van der Waals surface area contributed by atoms with Crippen molar-refractivity contribution in [3.05, 3.63) is 39.9 Å².